The molecule has 1 aromatic heterocycles. The van der Waals surface area contributed by atoms with Gasteiger partial charge in [0.2, 0.25) is 0 Å². The molecule has 5 rings (SSSR count). The molecule has 0 aliphatic heterocycles. The molecule has 0 unspecified atom stereocenters. The van der Waals surface area contributed by atoms with Crippen LogP contribution in [-0.2, 0) is 6.42 Å². The van der Waals surface area contributed by atoms with Crippen LogP contribution in [0.15, 0.2) is 60.7 Å². The molecule has 1 aliphatic carbocycles. The van der Waals surface area contributed by atoms with E-state index in [0.29, 0.717) is 11.4 Å². The van der Waals surface area contributed by atoms with Crippen LogP contribution in [0.5, 0.6) is 0 Å². The van der Waals surface area contributed by atoms with Crippen molar-refractivity contribution in [1.82, 2.24) is 4.98 Å². The summed E-state index contributed by atoms with van der Waals surface area (Å²) in [5, 5.41) is 3.89. The summed E-state index contributed by atoms with van der Waals surface area (Å²) in [5.41, 5.74) is 4.31. The second-order valence-corrected chi connectivity index (χ2v) is 8.82. The quantitative estimate of drug-likeness (QED) is 0.335. The molecule has 0 fully saturated rings. The van der Waals surface area contributed by atoms with Crippen LogP contribution < -0.4 is 0 Å². The van der Waals surface area contributed by atoms with Gasteiger partial charge >= 0.3 is 0 Å². The van der Waals surface area contributed by atoms with Gasteiger partial charge in [0, 0.05) is 38.9 Å². The van der Waals surface area contributed by atoms with Crippen molar-refractivity contribution in [3.8, 4) is 11.1 Å². The van der Waals surface area contributed by atoms with Crippen molar-refractivity contribution < 1.29 is 4.79 Å². The zero-order valence-electron chi connectivity index (χ0n) is 15.9. The van der Waals surface area contributed by atoms with Gasteiger partial charge in [-0.1, -0.05) is 80.0 Å². The van der Waals surface area contributed by atoms with E-state index < -0.39 is 0 Å². The third kappa shape index (κ3) is 2.63. The van der Waals surface area contributed by atoms with E-state index in [1.165, 1.54) is 0 Å². The number of fused-ring (bicyclic) bond motifs is 4. The van der Waals surface area contributed by atoms with E-state index in [4.69, 9.17) is 16.6 Å². The lowest BCUT2D eigenvalue weighted by Gasteiger charge is -2.31. The Balaban J connectivity index is 1.98. The van der Waals surface area contributed by atoms with Crippen molar-refractivity contribution in [3.05, 3.63) is 76.9 Å². The van der Waals surface area contributed by atoms with Crippen LogP contribution in [0.25, 0.3) is 32.8 Å². The highest BCUT2D eigenvalue weighted by molar-refractivity contribution is 6.34. The maximum absolute atomic E-state index is 13.2. The summed E-state index contributed by atoms with van der Waals surface area (Å²) in [4.78, 5) is 18.3. The Morgan fingerprint density at radius 2 is 1.61 bits per heavy atom. The fraction of sp³-hybridized carbons (Fsp3) is 0.200. The summed E-state index contributed by atoms with van der Waals surface area (Å²) in [6, 6.07) is 20.2. The first-order valence-electron chi connectivity index (χ1n) is 9.57. The molecule has 0 saturated heterocycles. The zero-order chi connectivity index (χ0) is 19.5. The van der Waals surface area contributed by atoms with Crippen molar-refractivity contribution >= 4 is 39.1 Å². The SMILES string of the molecule is CC1(C)CC(=O)c2c(nc3c(ccc4ccccc43)c2-c2ccccc2Cl)C1. The van der Waals surface area contributed by atoms with E-state index in [-0.39, 0.29) is 11.2 Å². The molecular weight excluding hydrogens is 366 g/mol. The Kier molecular flexibility index (Phi) is 3.82. The zero-order valence-corrected chi connectivity index (χ0v) is 16.7. The Bertz CT molecular complexity index is 1270. The first-order chi connectivity index (χ1) is 13.4. The van der Waals surface area contributed by atoms with E-state index in [1.54, 1.807) is 0 Å². The summed E-state index contributed by atoms with van der Waals surface area (Å²) < 4.78 is 0. The fourth-order valence-corrected chi connectivity index (χ4v) is 4.69. The molecule has 2 nitrogen and oxygen atoms in total. The number of aromatic nitrogens is 1. The summed E-state index contributed by atoms with van der Waals surface area (Å²) >= 11 is 6.59. The van der Waals surface area contributed by atoms with Gasteiger partial charge in [-0.15, -0.1) is 0 Å². The smallest absolute Gasteiger partial charge is 0.165 e. The molecule has 0 atom stereocenters. The normalized spacial score (nSPS) is 15.8. The topological polar surface area (TPSA) is 30.0 Å². The molecule has 1 heterocycles. The number of carbonyl (C=O) groups is 1. The van der Waals surface area contributed by atoms with Crippen LogP contribution >= 0.6 is 11.6 Å². The molecule has 0 bridgehead atoms. The highest BCUT2D eigenvalue weighted by atomic mass is 35.5. The average Bonchev–Trinajstić information content (AvgIpc) is 2.66. The second-order valence-electron chi connectivity index (χ2n) is 8.41. The molecule has 138 valence electrons. The lowest BCUT2D eigenvalue weighted by molar-refractivity contribution is 0.0911. The van der Waals surface area contributed by atoms with Gasteiger partial charge in [0.05, 0.1) is 11.2 Å². The minimum Gasteiger partial charge on any atom is -0.294 e. The maximum Gasteiger partial charge on any atom is 0.165 e. The van der Waals surface area contributed by atoms with Gasteiger partial charge in [0.1, 0.15) is 0 Å². The van der Waals surface area contributed by atoms with Crippen molar-refractivity contribution in [2.24, 2.45) is 5.41 Å². The number of halogens is 1. The van der Waals surface area contributed by atoms with E-state index >= 15 is 0 Å². The van der Waals surface area contributed by atoms with Gasteiger partial charge in [-0.25, -0.2) is 0 Å². The lowest BCUT2D eigenvalue weighted by Crippen LogP contribution is -2.28. The number of nitrogens with zero attached hydrogens (tertiary/aromatic N) is 1. The number of rotatable bonds is 1. The van der Waals surface area contributed by atoms with Gasteiger partial charge in [-0.05, 0) is 23.3 Å². The molecule has 0 radical (unpaired) electrons. The van der Waals surface area contributed by atoms with Crippen LogP contribution in [0.3, 0.4) is 0 Å². The lowest BCUT2D eigenvalue weighted by atomic mass is 9.73. The third-order valence-electron chi connectivity index (χ3n) is 5.66. The minimum absolute atomic E-state index is 0.0902. The van der Waals surface area contributed by atoms with Crippen molar-refractivity contribution in [2.45, 2.75) is 26.7 Å². The Hall–Kier alpha value is -2.71. The van der Waals surface area contributed by atoms with Crippen molar-refractivity contribution in [3.63, 3.8) is 0 Å². The highest BCUT2D eigenvalue weighted by Crippen LogP contribution is 2.44. The van der Waals surface area contributed by atoms with E-state index in [1.807, 2.05) is 36.4 Å². The van der Waals surface area contributed by atoms with Crippen LogP contribution in [0.2, 0.25) is 5.02 Å². The summed E-state index contributed by atoms with van der Waals surface area (Å²) in [5.74, 6) is 0.156. The number of Topliss-reactive ketones (excluding diaryl/α,β-unsaturated/α-hetero) is 1. The van der Waals surface area contributed by atoms with Gasteiger partial charge < -0.3 is 0 Å². The molecule has 0 spiro atoms. The predicted octanol–water partition coefficient (Wildman–Crippen LogP) is 6.86. The fourth-order valence-electron chi connectivity index (χ4n) is 4.46. The largest absolute Gasteiger partial charge is 0.294 e. The Morgan fingerprint density at radius 3 is 2.43 bits per heavy atom. The first kappa shape index (κ1) is 17.4. The molecule has 3 heteroatoms. The number of pyridine rings is 1. The molecule has 0 amide bonds. The number of hydrogen-bond donors (Lipinski definition) is 0. The van der Waals surface area contributed by atoms with Crippen molar-refractivity contribution in [2.75, 3.05) is 0 Å². The predicted molar refractivity (Wildman–Crippen MR) is 116 cm³/mol. The number of benzene rings is 3. The molecule has 4 aromatic rings. The average molecular weight is 386 g/mol. The van der Waals surface area contributed by atoms with Gasteiger partial charge in [-0.3, -0.25) is 9.78 Å². The molecule has 28 heavy (non-hydrogen) atoms. The second kappa shape index (κ2) is 6.15. The summed E-state index contributed by atoms with van der Waals surface area (Å²) in [6.45, 7) is 4.27. The van der Waals surface area contributed by atoms with Crippen LogP contribution in [0.1, 0.15) is 36.3 Å². The minimum atomic E-state index is -0.0902. The molecule has 0 N–H and O–H groups in total. The van der Waals surface area contributed by atoms with Crippen molar-refractivity contribution in [1.29, 1.82) is 0 Å². The van der Waals surface area contributed by atoms with Gasteiger partial charge in [0.15, 0.2) is 5.78 Å². The van der Waals surface area contributed by atoms with Crippen LogP contribution in [0.4, 0.5) is 0 Å². The monoisotopic (exact) mass is 385 g/mol. The van der Waals surface area contributed by atoms with E-state index in [2.05, 4.69) is 38.1 Å². The number of ketones is 1. The molecular formula is C25H20ClNO. The first-order valence-corrected chi connectivity index (χ1v) is 9.95. The Morgan fingerprint density at radius 1 is 0.857 bits per heavy atom. The summed E-state index contributed by atoms with van der Waals surface area (Å²) in [7, 11) is 0. The highest BCUT2D eigenvalue weighted by Gasteiger charge is 2.35. The standard InChI is InChI=1S/C25H20ClNO/c1-25(2)13-20-23(21(28)14-25)22(17-9-5-6-10-19(17)26)18-12-11-15-7-3-4-8-16(15)24(18)27-20/h3-12H,13-14H2,1-2H3. The van der Waals surface area contributed by atoms with Crippen LogP contribution in [0, 0.1) is 5.41 Å². The van der Waals surface area contributed by atoms with Crippen LogP contribution in [-0.4, -0.2) is 10.8 Å². The molecule has 0 saturated carbocycles. The van der Waals surface area contributed by atoms with Gasteiger partial charge in [-0.2, -0.15) is 0 Å². The van der Waals surface area contributed by atoms with Gasteiger partial charge in [0.25, 0.3) is 0 Å². The summed E-state index contributed by atoms with van der Waals surface area (Å²) in [6.07, 6.45) is 1.31. The number of hydrogen-bond acceptors (Lipinski definition) is 2. The molecule has 1 aliphatic rings. The maximum atomic E-state index is 13.2. The van der Waals surface area contributed by atoms with E-state index in [0.717, 1.165) is 50.5 Å². The molecule has 3 aromatic carbocycles. The van der Waals surface area contributed by atoms with E-state index in [9.17, 15) is 4.79 Å². The number of carbonyl (C=O) groups excluding carboxylic acids is 1. The third-order valence-corrected chi connectivity index (χ3v) is 5.99. The Labute approximate surface area is 169 Å².